The average molecular weight is 391 g/mol. The third-order valence-corrected chi connectivity index (χ3v) is 6.57. The van der Waals surface area contributed by atoms with Gasteiger partial charge in [-0.2, -0.15) is 5.26 Å². The summed E-state index contributed by atoms with van der Waals surface area (Å²) in [6.45, 7) is 1.65. The topological polar surface area (TPSA) is 82.8 Å². The SMILES string of the molecule is CCS(=O)(=O)NC(c1cncc(-c2ccc3cc(C#N)ccc3c2)c1)C1CC1. The van der Waals surface area contributed by atoms with Gasteiger partial charge < -0.3 is 0 Å². The van der Waals surface area contributed by atoms with Crippen LogP contribution in [0, 0.1) is 17.2 Å². The molecule has 28 heavy (non-hydrogen) atoms. The second-order valence-electron chi connectivity index (χ2n) is 7.23. The summed E-state index contributed by atoms with van der Waals surface area (Å²) >= 11 is 0. The first-order valence-corrected chi connectivity index (χ1v) is 11.0. The number of aromatic nitrogens is 1. The summed E-state index contributed by atoms with van der Waals surface area (Å²) in [6.07, 6.45) is 5.61. The Balaban J connectivity index is 1.70. The Morgan fingerprint density at radius 1 is 1.11 bits per heavy atom. The van der Waals surface area contributed by atoms with Crippen LogP contribution in [-0.2, 0) is 10.0 Å². The van der Waals surface area contributed by atoms with Crippen LogP contribution >= 0.6 is 0 Å². The highest BCUT2D eigenvalue weighted by Crippen LogP contribution is 2.42. The number of pyridine rings is 1. The summed E-state index contributed by atoms with van der Waals surface area (Å²) in [6, 6.07) is 15.7. The van der Waals surface area contributed by atoms with Crippen molar-refractivity contribution in [3.8, 4) is 17.2 Å². The molecule has 5 nitrogen and oxygen atoms in total. The van der Waals surface area contributed by atoms with Gasteiger partial charge in [-0.15, -0.1) is 0 Å². The molecule has 1 unspecified atom stereocenters. The van der Waals surface area contributed by atoms with Crippen LogP contribution in [0.1, 0.15) is 36.9 Å². The minimum absolute atomic E-state index is 0.0682. The second kappa shape index (κ2) is 7.34. The Kier molecular flexibility index (Phi) is 4.88. The zero-order valence-electron chi connectivity index (χ0n) is 15.6. The summed E-state index contributed by atoms with van der Waals surface area (Å²) in [5.41, 5.74) is 3.50. The van der Waals surface area contributed by atoms with Crippen molar-refractivity contribution in [2.75, 3.05) is 5.75 Å². The van der Waals surface area contributed by atoms with Gasteiger partial charge in [0.15, 0.2) is 0 Å². The monoisotopic (exact) mass is 391 g/mol. The van der Waals surface area contributed by atoms with E-state index in [1.165, 1.54) is 0 Å². The average Bonchev–Trinajstić information content (AvgIpc) is 3.56. The van der Waals surface area contributed by atoms with E-state index in [0.717, 1.165) is 40.3 Å². The van der Waals surface area contributed by atoms with Gasteiger partial charge in [-0.1, -0.05) is 18.2 Å². The fraction of sp³-hybridized carbons (Fsp3) is 0.273. The van der Waals surface area contributed by atoms with Crippen LogP contribution < -0.4 is 4.72 Å². The molecule has 6 heteroatoms. The molecule has 0 aliphatic heterocycles. The molecule has 0 bridgehead atoms. The van der Waals surface area contributed by atoms with E-state index in [0.29, 0.717) is 11.5 Å². The van der Waals surface area contributed by atoms with E-state index in [2.05, 4.69) is 21.8 Å². The van der Waals surface area contributed by atoms with E-state index in [1.807, 2.05) is 36.4 Å². The van der Waals surface area contributed by atoms with Crippen LogP contribution in [0.15, 0.2) is 54.9 Å². The molecule has 3 aromatic rings. The standard InChI is InChI=1S/C22H21N3O2S/c1-2-28(26,27)25-22(16-5-6-16)21-11-20(13-24-14-21)19-8-7-17-9-15(12-23)3-4-18(17)10-19/h3-4,7-11,13-14,16,22,25H,2,5-6H2,1H3. The van der Waals surface area contributed by atoms with Gasteiger partial charge in [-0.05, 0) is 71.8 Å². The molecule has 0 amide bonds. The lowest BCUT2D eigenvalue weighted by molar-refractivity contribution is 0.529. The molecule has 1 aliphatic carbocycles. The molecule has 4 rings (SSSR count). The quantitative estimate of drug-likeness (QED) is 0.684. The number of sulfonamides is 1. The van der Waals surface area contributed by atoms with Crippen LogP contribution in [0.5, 0.6) is 0 Å². The molecule has 1 aliphatic rings. The van der Waals surface area contributed by atoms with Crippen molar-refractivity contribution in [1.29, 1.82) is 5.26 Å². The van der Waals surface area contributed by atoms with Gasteiger partial charge in [0.05, 0.1) is 23.4 Å². The summed E-state index contributed by atoms with van der Waals surface area (Å²) in [4.78, 5) is 4.38. The highest BCUT2D eigenvalue weighted by molar-refractivity contribution is 7.89. The maximum absolute atomic E-state index is 12.1. The normalized spacial score (nSPS) is 15.3. The van der Waals surface area contributed by atoms with Crippen LogP contribution in [0.4, 0.5) is 0 Å². The lowest BCUT2D eigenvalue weighted by atomic mass is 9.98. The number of benzene rings is 2. The van der Waals surface area contributed by atoms with E-state index in [4.69, 9.17) is 5.26 Å². The molecule has 1 N–H and O–H groups in total. The highest BCUT2D eigenvalue weighted by Gasteiger charge is 2.35. The Labute approximate surface area is 165 Å². The van der Waals surface area contributed by atoms with Gasteiger partial charge >= 0.3 is 0 Å². The van der Waals surface area contributed by atoms with Crippen LogP contribution in [0.3, 0.4) is 0 Å². The number of rotatable bonds is 6. The molecule has 0 radical (unpaired) electrons. The van der Waals surface area contributed by atoms with Gasteiger partial charge in [0, 0.05) is 18.0 Å². The van der Waals surface area contributed by atoms with E-state index in [-0.39, 0.29) is 11.8 Å². The highest BCUT2D eigenvalue weighted by atomic mass is 32.2. The van der Waals surface area contributed by atoms with Gasteiger partial charge in [-0.3, -0.25) is 4.98 Å². The van der Waals surface area contributed by atoms with Crippen molar-refractivity contribution in [3.05, 3.63) is 66.0 Å². The van der Waals surface area contributed by atoms with E-state index >= 15 is 0 Å². The first-order chi connectivity index (χ1) is 13.5. The number of hydrogen-bond acceptors (Lipinski definition) is 4. The maximum atomic E-state index is 12.1. The second-order valence-corrected chi connectivity index (χ2v) is 9.27. The minimum Gasteiger partial charge on any atom is -0.264 e. The Bertz CT molecular complexity index is 1180. The number of hydrogen-bond donors (Lipinski definition) is 1. The molecule has 2 aromatic carbocycles. The molecule has 1 saturated carbocycles. The van der Waals surface area contributed by atoms with Crippen molar-refractivity contribution in [2.45, 2.75) is 25.8 Å². The summed E-state index contributed by atoms with van der Waals surface area (Å²) < 4.78 is 27.1. The number of fused-ring (bicyclic) bond motifs is 1. The lowest BCUT2D eigenvalue weighted by Crippen LogP contribution is -2.31. The smallest absolute Gasteiger partial charge is 0.211 e. The molecule has 142 valence electrons. The van der Waals surface area contributed by atoms with Crippen molar-refractivity contribution < 1.29 is 8.42 Å². The Hall–Kier alpha value is -2.75. The molecule has 0 saturated heterocycles. The fourth-order valence-electron chi connectivity index (χ4n) is 3.42. The Morgan fingerprint density at radius 2 is 1.86 bits per heavy atom. The zero-order chi connectivity index (χ0) is 19.7. The molecule has 0 spiro atoms. The fourth-order valence-corrected chi connectivity index (χ4v) is 4.31. The van der Waals surface area contributed by atoms with Gasteiger partial charge in [0.1, 0.15) is 0 Å². The van der Waals surface area contributed by atoms with Crippen molar-refractivity contribution in [3.63, 3.8) is 0 Å². The van der Waals surface area contributed by atoms with Crippen molar-refractivity contribution >= 4 is 20.8 Å². The zero-order valence-corrected chi connectivity index (χ0v) is 16.4. The first kappa shape index (κ1) is 18.6. The molecular formula is C22H21N3O2S. The number of nitriles is 1. The molecule has 1 fully saturated rings. The number of nitrogens with zero attached hydrogens (tertiary/aromatic N) is 2. The molecule has 1 heterocycles. The van der Waals surface area contributed by atoms with Gasteiger partial charge in [0.25, 0.3) is 0 Å². The van der Waals surface area contributed by atoms with Crippen LogP contribution in [0.25, 0.3) is 21.9 Å². The molecule has 1 aromatic heterocycles. The van der Waals surface area contributed by atoms with Crippen LogP contribution in [0.2, 0.25) is 0 Å². The predicted molar refractivity (Wildman–Crippen MR) is 110 cm³/mol. The molecule has 1 atom stereocenters. The van der Waals surface area contributed by atoms with Crippen molar-refractivity contribution in [1.82, 2.24) is 9.71 Å². The first-order valence-electron chi connectivity index (χ1n) is 9.38. The van der Waals surface area contributed by atoms with E-state index in [1.54, 1.807) is 19.3 Å². The Morgan fingerprint density at radius 3 is 2.57 bits per heavy atom. The predicted octanol–water partition coefficient (Wildman–Crippen LogP) is 4.16. The lowest BCUT2D eigenvalue weighted by Gasteiger charge is -2.19. The number of nitrogens with one attached hydrogen (secondary N) is 1. The largest absolute Gasteiger partial charge is 0.264 e. The van der Waals surface area contributed by atoms with E-state index < -0.39 is 10.0 Å². The summed E-state index contributed by atoms with van der Waals surface area (Å²) in [7, 11) is -3.29. The van der Waals surface area contributed by atoms with Gasteiger partial charge in [0.2, 0.25) is 10.0 Å². The summed E-state index contributed by atoms with van der Waals surface area (Å²) in [5, 5.41) is 11.1. The van der Waals surface area contributed by atoms with E-state index in [9.17, 15) is 8.42 Å². The third kappa shape index (κ3) is 3.91. The summed E-state index contributed by atoms with van der Waals surface area (Å²) in [5.74, 6) is 0.401. The maximum Gasteiger partial charge on any atom is 0.211 e. The van der Waals surface area contributed by atoms with Gasteiger partial charge in [-0.25, -0.2) is 13.1 Å². The van der Waals surface area contributed by atoms with Crippen molar-refractivity contribution in [2.24, 2.45) is 5.92 Å². The van der Waals surface area contributed by atoms with Crippen LogP contribution in [-0.4, -0.2) is 19.2 Å². The third-order valence-electron chi connectivity index (χ3n) is 5.20. The molecular weight excluding hydrogens is 370 g/mol. The minimum atomic E-state index is -3.29.